The van der Waals surface area contributed by atoms with Gasteiger partial charge in [0, 0.05) is 20.8 Å². The number of hydrogen-bond acceptors (Lipinski definition) is 4. The summed E-state index contributed by atoms with van der Waals surface area (Å²) in [5.74, 6) is 0. The Labute approximate surface area is 133 Å². The maximum atomic E-state index is 11.2. The first-order valence-corrected chi connectivity index (χ1v) is 8.66. The highest BCUT2D eigenvalue weighted by Crippen LogP contribution is 2.25. The van der Waals surface area contributed by atoms with Gasteiger partial charge in [-0.3, -0.25) is 4.98 Å². The van der Waals surface area contributed by atoms with Gasteiger partial charge in [0.2, 0.25) is 10.0 Å². The lowest BCUT2D eigenvalue weighted by atomic mass is 10.3. The number of nitrogens with zero attached hydrogens (tertiary/aromatic N) is 1. The summed E-state index contributed by atoms with van der Waals surface area (Å²) in [4.78, 5) is 4.31. The molecule has 2 aromatic rings. The number of halogens is 2. The van der Waals surface area contributed by atoms with Crippen LogP contribution in [0.3, 0.4) is 0 Å². The first-order chi connectivity index (χ1) is 9.36. The van der Waals surface area contributed by atoms with E-state index in [4.69, 9.17) is 5.14 Å². The molecule has 0 saturated heterocycles. The average molecular weight is 421 g/mol. The highest BCUT2D eigenvalue weighted by molar-refractivity contribution is 9.10. The molecule has 1 heterocycles. The van der Waals surface area contributed by atoms with Crippen molar-refractivity contribution in [3.63, 3.8) is 0 Å². The highest BCUT2D eigenvalue weighted by Gasteiger charge is 2.10. The van der Waals surface area contributed by atoms with Crippen molar-refractivity contribution in [2.75, 3.05) is 5.32 Å². The molecule has 106 valence electrons. The van der Waals surface area contributed by atoms with Gasteiger partial charge in [-0.25, -0.2) is 13.6 Å². The van der Waals surface area contributed by atoms with Gasteiger partial charge in [0.05, 0.1) is 17.1 Å². The molecule has 8 heteroatoms. The Bertz CT molecular complexity index is 718. The van der Waals surface area contributed by atoms with Crippen molar-refractivity contribution in [2.24, 2.45) is 5.14 Å². The Kier molecular flexibility index (Phi) is 4.79. The molecule has 2 rings (SSSR count). The van der Waals surface area contributed by atoms with Crippen LogP contribution in [-0.4, -0.2) is 13.4 Å². The largest absolute Gasteiger partial charge is 0.378 e. The summed E-state index contributed by atoms with van der Waals surface area (Å²) in [5, 5.41) is 8.24. The van der Waals surface area contributed by atoms with Gasteiger partial charge in [-0.05, 0) is 62.2 Å². The molecule has 0 unspecified atom stereocenters. The molecule has 1 aromatic carbocycles. The van der Waals surface area contributed by atoms with Crippen LogP contribution < -0.4 is 10.5 Å². The second-order valence-corrected chi connectivity index (χ2v) is 7.34. The maximum absolute atomic E-state index is 11.2. The van der Waals surface area contributed by atoms with Crippen LogP contribution >= 0.6 is 31.9 Å². The summed E-state index contributed by atoms with van der Waals surface area (Å²) in [5.41, 5.74) is 1.64. The van der Waals surface area contributed by atoms with Gasteiger partial charge in [-0.15, -0.1) is 0 Å². The van der Waals surface area contributed by atoms with E-state index in [2.05, 4.69) is 42.2 Å². The van der Waals surface area contributed by atoms with Crippen molar-refractivity contribution in [3.8, 4) is 0 Å². The summed E-state index contributed by atoms with van der Waals surface area (Å²) in [6.07, 6.45) is 1.72. The lowest BCUT2D eigenvalue weighted by Gasteiger charge is -2.09. The van der Waals surface area contributed by atoms with Crippen LogP contribution in [0.4, 0.5) is 5.69 Å². The van der Waals surface area contributed by atoms with Crippen molar-refractivity contribution in [1.29, 1.82) is 0 Å². The fourth-order valence-electron chi connectivity index (χ4n) is 1.51. The van der Waals surface area contributed by atoms with E-state index in [9.17, 15) is 8.42 Å². The fraction of sp³-hybridized carbons (Fsp3) is 0.0833. The molecule has 20 heavy (non-hydrogen) atoms. The molecule has 3 N–H and O–H groups in total. The lowest BCUT2D eigenvalue weighted by molar-refractivity contribution is 0.598. The molecule has 5 nitrogen and oxygen atoms in total. The zero-order valence-corrected chi connectivity index (χ0v) is 14.2. The maximum Gasteiger partial charge on any atom is 0.238 e. The number of anilines is 1. The molecule has 0 bridgehead atoms. The van der Waals surface area contributed by atoms with Crippen molar-refractivity contribution >= 4 is 47.6 Å². The van der Waals surface area contributed by atoms with Gasteiger partial charge in [0.25, 0.3) is 0 Å². The average Bonchev–Trinajstić information content (AvgIpc) is 2.38. The summed E-state index contributed by atoms with van der Waals surface area (Å²) in [6.45, 7) is 0.528. The number of pyridine rings is 1. The molecule has 0 saturated carbocycles. The van der Waals surface area contributed by atoms with E-state index in [0.29, 0.717) is 11.0 Å². The van der Waals surface area contributed by atoms with E-state index in [-0.39, 0.29) is 4.90 Å². The molecular weight excluding hydrogens is 410 g/mol. The van der Waals surface area contributed by atoms with Crippen molar-refractivity contribution in [3.05, 3.63) is 51.2 Å². The number of aromatic nitrogens is 1. The Morgan fingerprint density at radius 3 is 2.50 bits per heavy atom. The number of benzene rings is 1. The highest BCUT2D eigenvalue weighted by atomic mass is 79.9. The third kappa shape index (κ3) is 4.02. The molecule has 0 amide bonds. The predicted molar refractivity (Wildman–Crippen MR) is 84.8 cm³/mol. The Hall–Kier alpha value is -0.960. The monoisotopic (exact) mass is 419 g/mol. The third-order valence-electron chi connectivity index (χ3n) is 2.52. The van der Waals surface area contributed by atoms with Crippen LogP contribution in [0.2, 0.25) is 0 Å². The zero-order valence-electron chi connectivity index (χ0n) is 10.2. The van der Waals surface area contributed by atoms with Gasteiger partial charge >= 0.3 is 0 Å². The topological polar surface area (TPSA) is 85.1 Å². The van der Waals surface area contributed by atoms with Gasteiger partial charge in [-0.2, -0.15) is 0 Å². The molecule has 0 aliphatic rings. The van der Waals surface area contributed by atoms with Crippen LogP contribution in [0.1, 0.15) is 5.69 Å². The molecule has 0 aliphatic heterocycles. The summed E-state index contributed by atoms with van der Waals surface area (Å²) in [7, 11) is -3.69. The van der Waals surface area contributed by atoms with E-state index >= 15 is 0 Å². The van der Waals surface area contributed by atoms with Crippen molar-refractivity contribution in [1.82, 2.24) is 4.98 Å². The Morgan fingerprint density at radius 1 is 1.20 bits per heavy atom. The molecule has 0 spiro atoms. The van der Waals surface area contributed by atoms with E-state index in [1.807, 2.05) is 12.1 Å². The molecule has 1 aromatic heterocycles. The van der Waals surface area contributed by atoms with Crippen LogP contribution in [0.15, 0.2) is 50.4 Å². The van der Waals surface area contributed by atoms with Crippen LogP contribution in [-0.2, 0) is 16.6 Å². The van der Waals surface area contributed by atoms with E-state index in [1.54, 1.807) is 12.3 Å². The van der Waals surface area contributed by atoms with Crippen LogP contribution in [0, 0.1) is 0 Å². The second-order valence-electron chi connectivity index (χ2n) is 4.01. The molecule has 0 aliphatic carbocycles. The van der Waals surface area contributed by atoms with Crippen LogP contribution in [0.5, 0.6) is 0 Å². The SMILES string of the molecule is NS(=O)(=O)c1ccc(NCc2ccc(Br)cn2)c(Br)c1. The predicted octanol–water partition coefficient (Wildman–Crippen LogP) is 2.87. The van der Waals surface area contributed by atoms with Crippen molar-refractivity contribution < 1.29 is 8.42 Å². The summed E-state index contributed by atoms with van der Waals surface area (Å²) < 4.78 is 24.0. The lowest BCUT2D eigenvalue weighted by Crippen LogP contribution is -2.12. The van der Waals surface area contributed by atoms with Gasteiger partial charge in [-0.1, -0.05) is 0 Å². The van der Waals surface area contributed by atoms with Gasteiger partial charge in [0.15, 0.2) is 0 Å². The summed E-state index contributed by atoms with van der Waals surface area (Å²) >= 11 is 6.63. The van der Waals surface area contributed by atoms with E-state index in [0.717, 1.165) is 15.9 Å². The number of rotatable bonds is 4. The minimum Gasteiger partial charge on any atom is -0.378 e. The Morgan fingerprint density at radius 2 is 1.95 bits per heavy atom. The molecule has 0 fully saturated rings. The fourth-order valence-corrected chi connectivity index (χ4v) is 2.96. The normalized spacial score (nSPS) is 11.3. The number of nitrogens with two attached hydrogens (primary N) is 1. The van der Waals surface area contributed by atoms with Gasteiger partial charge < -0.3 is 5.32 Å². The molecule has 0 atom stereocenters. The van der Waals surface area contributed by atoms with Crippen LogP contribution in [0.25, 0.3) is 0 Å². The Balaban J connectivity index is 2.12. The second kappa shape index (κ2) is 6.21. The molecule has 0 radical (unpaired) electrons. The van der Waals surface area contributed by atoms with Gasteiger partial charge in [0.1, 0.15) is 0 Å². The number of sulfonamides is 1. The van der Waals surface area contributed by atoms with E-state index < -0.39 is 10.0 Å². The number of hydrogen-bond donors (Lipinski definition) is 2. The third-order valence-corrected chi connectivity index (χ3v) is 4.55. The number of nitrogens with one attached hydrogen (secondary N) is 1. The zero-order chi connectivity index (χ0) is 14.8. The molecular formula is C12H11Br2N3O2S. The van der Waals surface area contributed by atoms with Crippen molar-refractivity contribution in [2.45, 2.75) is 11.4 Å². The standard InChI is InChI=1S/C12H11Br2N3O2S/c13-8-1-2-9(16-6-8)7-17-12-4-3-10(5-11(12)14)20(15,18)19/h1-6,17H,7H2,(H2,15,18,19). The quantitative estimate of drug-likeness (QED) is 0.796. The minimum atomic E-state index is -3.69. The summed E-state index contributed by atoms with van der Waals surface area (Å²) in [6, 6.07) is 8.37. The van der Waals surface area contributed by atoms with E-state index in [1.165, 1.54) is 12.1 Å². The first-order valence-electron chi connectivity index (χ1n) is 5.53. The first kappa shape index (κ1) is 15.4. The smallest absolute Gasteiger partial charge is 0.238 e. The number of primary sulfonamides is 1. The minimum absolute atomic E-state index is 0.0664.